The number of nitrogens with one attached hydrogen (secondary N) is 1. The minimum Gasteiger partial charge on any atom is -0.389 e. The fourth-order valence-electron chi connectivity index (χ4n) is 2.45. The van der Waals surface area contributed by atoms with Crippen molar-refractivity contribution >= 4 is 27.2 Å². The number of hydrogen-bond donors (Lipinski definition) is 2. The third-order valence-corrected chi connectivity index (χ3v) is 5.52. The van der Waals surface area contributed by atoms with Crippen molar-refractivity contribution in [1.82, 2.24) is 4.72 Å². The molecule has 1 fully saturated rings. The summed E-state index contributed by atoms with van der Waals surface area (Å²) in [6, 6.07) is 5.03. The Kier molecular flexibility index (Phi) is 4.46. The summed E-state index contributed by atoms with van der Waals surface area (Å²) in [5.41, 5.74) is 6.90. The number of rotatable bonds is 6. The quantitative estimate of drug-likeness (QED) is 0.789. The summed E-state index contributed by atoms with van der Waals surface area (Å²) in [6.07, 6.45) is 3.11. The lowest BCUT2D eigenvalue weighted by Gasteiger charge is -2.10. The van der Waals surface area contributed by atoms with Gasteiger partial charge in [-0.25, -0.2) is 13.1 Å². The van der Waals surface area contributed by atoms with Crippen LogP contribution < -0.4 is 10.5 Å². The maximum Gasteiger partial charge on any atom is 0.241 e. The predicted octanol–water partition coefficient (Wildman–Crippen LogP) is 2.10. The SMILES string of the molecule is CCCC1CC1NS(=O)(=O)c1ccc(C(N)=S)cc1C. The minimum atomic E-state index is -3.46. The smallest absolute Gasteiger partial charge is 0.241 e. The maximum atomic E-state index is 12.4. The highest BCUT2D eigenvalue weighted by molar-refractivity contribution is 7.89. The maximum absolute atomic E-state index is 12.4. The van der Waals surface area contributed by atoms with Crippen LogP contribution in [0.25, 0.3) is 0 Å². The Hall–Kier alpha value is -0.980. The Bertz CT molecular complexity index is 626. The summed E-state index contributed by atoms with van der Waals surface area (Å²) in [5.74, 6) is 0.492. The van der Waals surface area contributed by atoms with E-state index in [1.54, 1.807) is 25.1 Å². The van der Waals surface area contributed by atoms with Crippen molar-refractivity contribution in [3.63, 3.8) is 0 Å². The van der Waals surface area contributed by atoms with Gasteiger partial charge in [0.05, 0.1) is 4.90 Å². The summed E-state index contributed by atoms with van der Waals surface area (Å²) < 4.78 is 27.5. The number of benzene rings is 1. The van der Waals surface area contributed by atoms with Crippen LogP contribution in [0.2, 0.25) is 0 Å². The summed E-state index contributed by atoms with van der Waals surface area (Å²) in [7, 11) is -3.46. The van der Waals surface area contributed by atoms with Gasteiger partial charge in [-0.1, -0.05) is 31.6 Å². The normalized spacial score (nSPS) is 21.7. The van der Waals surface area contributed by atoms with Crippen LogP contribution in [0.5, 0.6) is 0 Å². The average Bonchev–Trinajstić information content (AvgIpc) is 3.06. The Morgan fingerprint density at radius 2 is 2.20 bits per heavy atom. The van der Waals surface area contributed by atoms with Gasteiger partial charge in [0, 0.05) is 11.6 Å². The Morgan fingerprint density at radius 3 is 2.75 bits per heavy atom. The van der Waals surface area contributed by atoms with Gasteiger partial charge in [0.25, 0.3) is 0 Å². The van der Waals surface area contributed by atoms with Gasteiger partial charge >= 0.3 is 0 Å². The number of sulfonamides is 1. The molecule has 0 aliphatic heterocycles. The second-order valence-electron chi connectivity index (χ2n) is 5.36. The number of thiocarbonyl (C=S) groups is 1. The van der Waals surface area contributed by atoms with E-state index in [-0.39, 0.29) is 11.0 Å². The summed E-state index contributed by atoms with van der Waals surface area (Å²) in [4.78, 5) is 0.579. The summed E-state index contributed by atoms with van der Waals surface area (Å²) >= 11 is 4.90. The van der Waals surface area contributed by atoms with Crippen LogP contribution in [0.4, 0.5) is 0 Å². The summed E-state index contributed by atoms with van der Waals surface area (Å²) in [5, 5.41) is 0. The third kappa shape index (κ3) is 3.37. The van der Waals surface area contributed by atoms with Gasteiger partial charge in [0.2, 0.25) is 10.0 Å². The van der Waals surface area contributed by atoms with E-state index in [0.717, 1.165) is 19.3 Å². The van der Waals surface area contributed by atoms with E-state index < -0.39 is 10.0 Å². The highest BCUT2D eigenvalue weighted by atomic mass is 32.2. The van der Waals surface area contributed by atoms with Crippen LogP contribution in [0.3, 0.4) is 0 Å². The van der Waals surface area contributed by atoms with Crippen molar-refractivity contribution in [2.75, 3.05) is 0 Å². The lowest BCUT2D eigenvalue weighted by molar-refractivity contribution is 0.572. The minimum absolute atomic E-state index is 0.0922. The first-order valence-corrected chi connectivity index (χ1v) is 8.67. The molecule has 1 aliphatic rings. The number of hydrogen-bond acceptors (Lipinski definition) is 3. The second-order valence-corrected chi connectivity index (χ2v) is 7.48. The van der Waals surface area contributed by atoms with Crippen molar-refractivity contribution in [3.8, 4) is 0 Å². The molecule has 2 unspecified atom stereocenters. The number of aryl methyl sites for hydroxylation is 1. The summed E-state index contributed by atoms with van der Waals surface area (Å²) in [6.45, 7) is 3.87. The first-order valence-electron chi connectivity index (χ1n) is 6.78. The molecule has 1 aliphatic carbocycles. The second kappa shape index (κ2) is 5.79. The van der Waals surface area contributed by atoms with E-state index in [1.165, 1.54) is 0 Å². The van der Waals surface area contributed by atoms with Gasteiger partial charge in [-0.3, -0.25) is 0 Å². The molecule has 2 rings (SSSR count). The van der Waals surface area contributed by atoms with Crippen LogP contribution >= 0.6 is 12.2 Å². The van der Waals surface area contributed by atoms with Crippen LogP contribution in [-0.2, 0) is 10.0 Å². The standard InChI is InChI=1S/C14H20N2O2S2/c1-3-4-10-8-12(10)16-20(17,18)13-6-5-11(14(15)19)7-9(13)2/h5-7,10,12,16H,3-4,8H2,1-2H3,(H2,15,19). The molecular formula is C14H20N2O2S2. The molecule has 0 radical (unpaired) electrons. The van der Waals surface area contributed by atoms with Crippen LogP contribution in [0, 0.1) is 12.8 Å². The lowest BCUT2D eigenvalue weighted by atomic mass is 10.1. The van der Waals surface area contributed by atoms with E-state index in [9.17, 15) is 8.42 Å². The fourth-order valence-corrected chi connectivity index (χ4v) is 4.12. The average molecular weight is 312 g/mol. The molecule has 0 spiro atoms. The lowest BCUT2D eigenvalue weighted by Crippen LogP contribution is -2.28. The molecule has 0 bridgehead atoms. The van der Waals surface area contributed by atoms with Gasteiger partial charge in [-0.2, -0.15) is 0 Å². The van der Waals surface area contributed by atoms with Crippen molar-refractivity contribution in [3.05, 3.63) is 29.3 Å². The molecule has 0 aromatic heterocycles. The van der Waals surface area contributed by atoms with Crippen molar-refractivity contribution in [2.45, 2.75) is 44.0 Å². The third-order valence-electron chi connectivity index (χ3n) is 3.64. The molecule has 1 aromatic carbocycles. The van der Waals surface area contributed by atoms with Gasteiger partial charge in [0.15, 0.2) is 0 Å². The topological polar surface area (TPSA) is 72.2 Å². The molecule has 2 atom stereocenters. The van der Waals surface area contributed by atoms with Crippen LogP contribution in [-0.4, -0.2) is 19.4 Å². The molecule has 1 aromatic rings. The molecule has 20 heavy (non-hydrogen) atoms. The molecule has 0 saturated heterocycles. The van der Waals surface area contributed by atoms with Gasteiger partial charge in [0.1, 0.15) is 4.99 Å². The van der Waals surface area contributed by atoms with E-state index >= 15 is 0 Å². The van der Waals surface area contributed by atoms with Crippen molar-refractivity contribution in [1.29, 1.82) is 0 Å². The zero-order chi connectivity index (χ0) is 14.9. The van der Waals surface area contributed by atoms with Crippen LogP contribution in [0.15, 0.2) is 23.1 Å². The van der Waals surface area contributed by atoms with Gasteiger partial charge in [-0.05, 0) is 43.4 Å². The van der Waals surface area contributed by atoms with Crippen molar-refractivity contribution in [2.24, 2.45) is 11.7 Å². The molecule has 110 valence electrons. The Balaban J connectivity index is 2.16. The Labute approximate surface area is 125 Å². The van der Waals surface area contributed by atoms with Gasteiger partial charge in [-0.15, -0.1) is 0 Å². The molecule has 0 heterocycles. The molecular weight excluding hydrogens is 292 g/mol. The zero-order valence-corrected chi connectivity index (χ0v) is 13.4. The van der Waals surface area contributed by atoms with E-state index in [0.29, 0.717) is 21.9 Å². The highest BCUT2D eigenvalue weighted by Gasteiger charge is 2.39. The first-order chi connectivity index (χ1) is 9.35. The Morgan fingerprint density at radius 1 is 1.50 bits per heavy atom. The molecule has 4 nitrogen and oxygen atoms in total. The van der Waals surface area contributed by atoms with Crippen molar-refractivity contribution < 1.29 is 8.42 Å². The van der Waals surface area contributed by atoms with Crippen LogP contribution in [0.1, 0.15) is 37.3 Å². The molecule has 6 heteroatoms. The zero-order valence-electron chi connectivity index (χ0n) is 11.7. The highest BCUT2D eigenvalue weighted by Crippen LogP contribution is 2.35. The number of nitrogens with two attached hydrogens (primary N) is 1. The molecule has 0 amide bonds. The fraction of sp³-hybridized carbons (Fsp3) is 0.500. The molecule has 3 N–H and O–H groups in total. The van der Waals surface area contributed by atoms with E-state index in [2.05, 4.69) is 11.6 Å². The largest absolute Gasteiger partial charge is 0.389 e. The first kappa shape index (κ1) is 15.4. The van der Waals surface area contributed by atoms with E-state index in [4.69, 9.17) is 18.0 Å². The van der Waals surface area contributed by atoms with Gasteiger partial charge < -0.3 is 5.73 Å². The van der Waals surface area contributed by atoms with E-state index in [1.807, 2.05) is 0 Å². The monoisotopic (exact) mass is 312 g/mol. The predicted molar refractivity (Wildman–Crippen MR) is 84.2 cm³/mol. The molecule has 1 saturated carbocycles.